The van der Waals surface area contributed by atoms with Crippen molar-refractivity contribution in [1.82, 2.24) is 0 Å². The SMILES string of the molecule is CCOC(=O)Cc1ccc([131I])cc1. The zero-order valence-corrected chi connectivity index (χ0v) is 9.58. The Hall–Kier alpha value is -0.580. The van der Waals surface area contributed by atoms with E-state index in [1.54, 1.807) is 0 Å². The van der Waals surface area contributed by atoms with E-state index in [1.165, 1.54) is 3.57 Å². The molecule has 0 saturated heterocycles. The van der Waals surface area contributed by atoms with Crippen LogP contribution in [0.15, 0.2) is 24.3 Å². The first-order chi connectivity index (χ1) is 6.22. The molecule has 13 heavy (non-hydrogen) atoms. The zero-order chi connectivity index (χ0) is 9.68. The van der Waals surface area contributed by atoms with Crippen LogP contribution in [0.25, 0.3) is 0 Å². The molecule has 1 aromatic carbocycles. The fourth-order valence-corrected chi connectivity index (χ4v) is 1.34. The van der Waals surface area contributed by atoms with Crippen molar-refractivity contribution in [1.29, 1.82) is 0 Å². The molecule has 1 rings (SSSR count). The molecule has 2 nitrogen and oxygen atoms in total. The number of ether oxygens (including phenoxy) is 1. The van der Waals surface area contributed by atoms with E-state index >= 15 is 0 Å². The van der Waals surface area contributed by atoms with Crippen LogP contribution < -0.4 is 0 Å². The number of halogens is 1. The number of hydrogen-bond acceptors (Lipinski definition) is 2. The van der Waals surface area contributed by atoms with Gasteiger partial charge >= 0.3 is 5.97 Å². The first-order valence-corrected chi connectivity index (χ1v) is 5.20. The Kier molecular flexibility index (Phi) is 4.21. The summed E-state index contributed by atoms with van der Waals surface area (Å²) in [6, 6.07) is 7.85. The summed E-state index contributed by atoms with van der Waals surface area (Å²) < 4.78 is 6.01. The maximum absolute atomic E-state index is 11.1. The predicted molar refractivity (Wildman–Crippen MR) is 59.5 cm³/mol. The van der Waals surface area contributed by atoms with Crippen molar-refractivity contribution in [3.8, 4) is 0 Å². The van der Waals surface area contributed by atoms with Gasteiger partial charge in [0.15, 0.2) is 0 Å². The molecule has 1 aromatic rings. The number of benzene rings is 1. The van der Waals surface area contributed by atoms with Gasteiger partial charge in [-0.25, -0.2) is 0 Å². The summed E-state index contributed by atoms with van der Waals surface area (Å²) in [6.07, 6.45) is 0.366. The molecule has 0 spiro atoms. The van der Waals surface area contributed by atoms with Crippen molar-refractivity contribution in [3.63, 3.8) is 0 Å². The number of rotatable bonds is 3. The van der Waals surface area contributed by atoms with Crippen molar-refractivity contribution in [2.24, 2.45) is 0 Å². The standard InChI is InChI=1S/C10H11IO2/c1-2-13-10(12)7-8-3-5-9(11)6-4-8/h3-6H,2,7H2,1H3/i11+4. The molecule has 70 valence electrons. The van der Waals surface area contributed by atoms with Gasteiger partial charge in [-0.2, -0.15) is 0 Å². The van der Waals surface area contributed by atoms with Crippen LogP contribution in [0, 0.1) is 3.57 Å². The Morgan fingerprint density at radius 2 is 2.00 bits per heavy atom. The van der Waals surface area contributed by atoms with E-state index in [4.69, 9.17) is 4.74 Å². The Morgan fingerprint density at radius 1 is 1.38 bits per heavy atom. The fraction of sp³-hybridized carbons (Fsp3) is 0.300. The lowest BCUT2D eigenvalue weighted by Gasteiger charge is -2.01. The molecule has 0 aliphatic heterocycles. The average Bonchev–Trinajstić information content (AvgIpc) is 2.09. The topological polar surface area (TPSA) is 26.3 Å². The molecule has 0 fully saturated rings. The Bertz CT molecular complexity index is 279. The van der Waals surface area contributed by atoms with Crippen molar-refractivity contribution in [2.75, 3.05) is 6.61 Å². The molecule has 0 amide bonds. The van der Waals surface area contributed by atoms with Gasteiger partial charge in [-0.1, -0.05) is 12.1 Å². The van der Waals surface area contributed by atoms with Crippen molar-refractivity contribution in [2.45, 2.75) is 13.3 Å². The van der Waals surface area contributed by atoms with E-state index in [0.29, 0.717) is 13.0 Å². The second-order valence-electron chi connectivity index (χ2n) is 2.61. The van der Waals surface area contributed by atoms with E-state index in [2.05, 4.69) is 22.6 Å². The molecule has 0 aromatic heterocycles. The molecule has 0 bridgehead atoms. The zero-order valence-electron chi connectivity index (χ0n) is 7.42. The number of esters is 1. The highest BCUT2D eigenvalue weighted by atomic mass is 131. The molecular formula is C10H11IO2. The molecule has 0 radical (unpaired) electrons. The van der Waals surface area contributed by atoms with E-state index in [-0.39, 0.29) is 5.97 Å². The van der Waals surface area contributed by atoms with Gasteiger partial charge in [0.1, 0.15) is 0 Å². The summed E-state index contributed by atoms with van der Waals surface area (Å²) in [6.45, 7) is 2.26. The third-order valence-electron chi connectivity index (χ3n) is 1.57. The maximum Gasteiger partial charge on any atom is 0.310 e. The van der Waals surface area contributed by atoms with Gasteiger partial charge in [0.2, 0.25) is 0 Å². The quantitative estimate of drug-likeness (QED) is 0.632. The molecule has 0 N–H and O–H groups in total. The summed E-state index contributed by atoms with van der Waals surface area (Å²) in [5.74, 6) is -0.163. The minimum Gasteiger partial charge on any atom is -0.466 e. The van der Waals surface area contributed by atoms with Gasteiger partial charge in [0, 0.05) is 3.57 Å². The highest BCUT2D eigenvalue weighted by Gasteiger charge is 2.02. The molecule has 0 unspecified atom stereocenters. The van der Waals surface area contributed by atoms with Crippen molar-refractivity contribution < 1.29 is 9.53 Å². The number of carbonyl (C=O) groups is 1. The Labute approximate surface area is 91.4 Å². The smallest absolute Gasteiger partial charge is 0.310 e. The molecule has 0 saturated carbocycles. The lowest BCUT2D eigenvalue weighted by molar-refractivity contribution is -0.142. The molecular weight excluding hydrogens is 283 g/mol. The van der Waals surface area contributed by atoms with Gasteiger partial charge in [0.05, 0.1) is 13.0 Å². The molecule has 0 heterocycles. The van der Waals surface area contributed by atoms with Gasteiger partial charge in [-0.05, 0) is 47.2 Å². The van der Waals surface area contributed by atoms with Crippen LogP contribution in [0.5, 0.6) is 0 Å². The third-order valence-corrected chi connectivity index (χ3v) is 2.29. The van der Waals surface area contributed by atoms with Crippen LogP contribution >= 0.6 is 22.6 Å². The second kappa shape index (κ2) is 5.21. The van der Waals surface area contributed by atoms with Gasteiger partial charge in [-0.15, -0.1) is 0 Å². The average molecular weight is 294 g/mol. The van der Waals surface area contributed by atoms with E-state index in [0.717, 1.165) is 5.56 Å². The molecule has 0 aliphatic rings. The monoisotopic (exact) mass is 294 g/mol. The first kappa shape index (κ1) is 10.5. The predicted octanol–water partition coefficient (Wildman–Crippen LogP) is 2.40. The minimum atomic E-state index is -0.163. The number of hydrogen-bond donors (Lipinski definition) is 0. The fourth-order valence-electron chi connectivity index (χ4n) is 0.981. The van der Waals surface area contributed by atoms with Gasteiger partial charge in [0.25, 0.3) is 0 Å². The molecule has 0 atom stereocenters. The lowest BCUT2D eigenvalue weighted by atomic mass is 10.2. The van der Waals surface area contributed by atoms with Crippen LogP contribution in [0.4, 0.5) is 0 Å². The first-order valence-electron chi connectivity index (χ1n) is 4.12. The Balaban J connectivity index is 2.54. The van der Waals surface area contributed by atoms with E-state index in [9.17, 15) is 4.79 Å². The number of carbonyl (C=O) groups excluding carboxylic acids is 1. The summed E-state index contributed by atoms with van der Waals surface area (Å²) >= 11 is 2.23. The second-order valence-corrected chi connectivity index (χ2v) is 3.85. The van der Waals surface area contributed by atoms with Crippen LogP contribution in [0.3, 0.4) is 0 Å². The van der Waals surface area contributed by atoms with Crippen LogP contribution in [0.2, 0.25) is 0 Å². The highest BCUT2D eigenvalue weighted by Crippen LogP contribution is 2.07. The lowest BCUT2D eigenvalue weighted by Crippen LogP contribution is -2.07. The largest absolute Gasteiger partial charge is 0.466 e. The highest BCUT2D eigenvalue weighted by molar-refractivity contribution is 14.1. The van der Waals surface area contributed by atoms with Crippen molar-refractivity contribution >= 4 is 28.6 Å². The van der Waals surface area contributed by atoms with Gasteiger partial charge < -0.3 is 4.74 Å². The summed E-state index contributed by atoms with van der Waals surface area (Å²) in [5, 5.41) is 0. The van der Waals surface area contributed by atoms with Gasteiger partial charge in [-0.3, -0.25) is 4.79 Å². The molecule has 0 aliphatic carbocycles. The van der Waals surface area contributed by atoms with E-state index in [1.807, 2.05) is 31.2 Å². The maximum atomic E-state index is 11.1. The summed E-state index contributed by atoms with van der Waals surface area (Å²) in [4.78, 5) is 11.1. The molecule has 3 heteroatoms. The van der Waals surface area contributed by atoms with Crippen LogP contribution in [-0.4, -0.2) is 12.6 Å². The summed E-state index contributed by atoms with van der Waals surface area (Å²) in [7, 11) is 0. The van der Waals surface area contributed by atoms with Crippen LogP contribution in [-0.2, 0) is 16.0 Å². The van der Waals surface area contributed by atoms with E-state index < -0.39 is 0 Å². The summed E-state index contributed by atoms with van der Waals surface area (Å²) in [5.41, 5.74) is 0.999. The Morgan fingerprint density at radius 3 is 2.54 bits per heavy atom. The van der Waals surface area contributed by atoms with Crippen molar-refractivity contribution in [3.05, 3.63) is 33.4 Å². The van der Waals surface area contributed by atoms with Crippen LogP contribution in [0.1, 0.15) is 12.5 Å². The normalized spacial score (nSPS) is 9.69. The minimum absolute atomic E-state index is 0.163. The third kappa shape index (κ3) is 3.76.